The van der Waals surface area contributed by atoms with Crippen molar-refractivity contribution in [2.75, 3.05) is 4.90 Å². The van der Waals surface area contributed by atoms with Gasteiger partial charge in [-0.05, 0) is 99.1 Å². The summed E-state index contributed by atoms with van der Waals surface area (Å²) >= 11 is 0. The van der Waals surface area contributed by atoms with Crippen LogP contribution in [0.25, 0.3) is 44.2 Å². The van der Waals surface area contributed by atoms with E-state index in [4.69, 9.17) is 0 Å². The van der Waals surface area contributed by atoms with E-state index < -0.39 is 5.41 Å². The molecule has 0 unspecified atom stereocenters. The minimum atomic E-state index is -0.410. The van der Waals surface area contributed by atoms with E-state index in [-0.39, 0.29) is 0 Å². The Bertz CT molecular complexity index is 2560. The maximum atomic E-state index is 2.51. The van der Waals surface area contributed by atoms with Crippen LogP contribution in [0.1, 0.15) is 33.4 Å². The Morgan fingerprint density at radius 3 is 1.78 bits per heavy atom. The molecular formula is C49H35N. The third kappa shape index (κ3) is 4.01. The van der Waals surface area contributed by atoms with Crippen molar-refractivity contribution in [1.29, 1.82) is 0 Å². The number of hydrogen-bond acceptors (Lipinski definition) is 1. The van der Waals surface area contributed by atoms with Crippen molar-refractivity contribution >= 4 is 27.8 Å². The summed E-state index contributed by atoms with van der Waals surface area (Å²) in [5.41, 5.74) is 18.8. The number of hydrogen-bond donors (Lipinski definition) is 0. The van der Waals surface area contributed by atoms with Gasteiger partial charge in [-0.25, -0.2) is 0 Å². The predicted molar refractivity (Wildman–Crippen MR) is 210 cm³/mol. The largest absolute Gasteiger partial charge is 0.309 e. The number of rotatable bonds is 4. The molecule has 0 heterocycles. The summed E-state index contributed by atoms with van der Waals surface area (Å²) in [6, 6.07) is 65.4. The molecule has 0 aromatic heterocycles. The monoisotopic (exact) mass is 637 g/mol. The van der Waals surface area contributed by atoms with Crippen LogP contribution in [0.5, 0.6) is 0 Å². The van der Waals surface area contributed by atoms with Crippen LogP contribution in [0.15, 0.2) is 176 Å². The number of anilines is 3. The van der Waals surface area contributed by atoms with Gasteiger partial charge in [-0.1, -0.05) is 157 Å². The Kier molecular flexibility index (Phi) is 6.29. The molecule has 1 nitrogen and oxygen atoms in total. The van der Waals surface area contributed by atoms with Crippen molar-refractivity contribution in [2.24, 2.45) is 0 Å². The Morgan fingerprint density at radius 1 is 0.400 bits per heavy atom. The van der Waals surface area contributed by atoms with E-state index in [1.165, 1.54) is 88.9 Å². The van der Waals surface area contributed by atoms with Crippen molar-refractivity contribution in [3.63, 3.8) is 0 Å². The first kappa shape index (κ1) is 28.8. The Balaban J connectivity index is 1.31. The zero-order valence-corrected chi connectivity index (χ0v) is 28.2. The van der Waals surface area contributed by atoms with E-state index in [0.29, 0.717) is 0 Å². The zero-order chi connectivity index (χ0) is 33.4. The highest BCUT2D eigenvalue weighted by atomic mass is 15.1. The van der Waals surface area contributed by atoms with Crippen LogP contribution >= 0.6 is 0 Å². The first-order valence-corrected chi connectivity index (χ1v) is 17.5. The first-order chi connectivity index (χ1) is 24.6. The fraction of sp³-hybridized carbons (Fsp3) is 0.0612. The highest BCUT2D eigenvalue weighted by molar-refractivity contribution is 6.05. The number of fused-ring (bicyclic) bond motifs is 11. The number of nitrogens with zero attached hydrogens (tertiary/aromatic N) is 1. The van der Waals surface area contributed by atoms with Gasteiger partial charge in [0, 0.05) is 16.6 Å². The van der Waals surface area contributed by atoms with Gasteiger partial charge in [0.2, 0.25) is 0 Å². The summed E-state index contributed by atoms with van der Waals surface area (Å²) in [5, 5.41) is 2.46. The quantitative estimate of drug-likeness (QED) is 0.186. The van der Waals surface area contributed by atoms with Crippen LogP contribution in [-0.2, 0) is 5.41 Å². The average Bonchev–Trinajstić information content (AvgIpc) is 3.62. The van der Waals surface area contributed by atoms with E-state index in [1.807, 2.05) is 0 Å². The lowest BCUT2D eigenvalue weighted by molar-refractivity contribution is 0.791. The zero-order valence-electron chi connectivity index (χ0n) is 28.2. The summed E-state index contributed by atoms with van der Waals surface area (Å²) in [7, 11) is 0. The second-order valence-electron chi connectivity index (χ2n) is 13.8. The summed E-state index contributed by atoms with van der Waals surface area (Å²) in [5.74, 6) is 0. The molecule has 50 heavy (non-hydrogen) atoms. The van der Waals surface area contributed by atoms with Crippen molar-refractivity contribution < 1.29 is 0 Å². The number of benzene rings is 8. The lowest BCUT2D eigenvalue weighted by Gasteiger charge is -2.32. The molecule has 0 amide bonds. The lowest BCUT2D eigenvalue weighted by Crippen LogP contribution is -2.26. The number of aryl methyl sites for hydroxylation is 2. The van der Waals surface area contributed by atoms with Gasteiger partial charge < -0.3 is 4.90 Å². The van der Waals surface area contributed by atoms with Gasteiger partial charge in [-0.3, -0.25) is 0 Å². The minimum absolute atomic E-state index is 0.410. The van der Waals surface area contributed by atoms with Gasteiger partial charge in [0.25, 0.3) is 0 Å². The molecule has 1 heteroatoms. The van der Waals surface area contributed by atoms with Gasteiger partial charge in [-0.2, -0.15) is 0 Å². The third-order valence-electron chi connectivity index (χ3n) is 10.9. The van der Waals surface area contributed by atoms with E-state index in [0.717, 1.165) is 5.69 Å². The molecule has 236 valence electrons. The van der Waals surface area contributed by atoms with Crippen molar-refractivity contribution in [3.8, 4) is 33.4 Å². The minimum Gasteiger partial charge on any atom is -0.309 e. The third-order valence-corrected chi connectivity index (χ3v) is 10.9. The summed E-state index contributed by atoms with van der Waals surface area (Å²) in [4.78, 5) is 2.51. The molecule has 0 N–H and O–H groups in total. The normalized spacial score (nSPS) is 13.2. The molecule has 0 fully saturated rings. The highest BCUT2D eigenvalue weighted by Crippen LogP contribution is 2.65. The van der Waals surface area contributed by atoms with E-state index in [1.54, 1.807) is 0 Å². The summed E-state index contributed by atoms with van der Waals surface area (Å²) < 4.78 is 0. The molecule has 0 bridgehead atoms. The first-order valence-electron chi connectivity index (χ1n) is 17.5. The SMILES string of the molecule is Cc1ccc2c(c1)C1(c3ccccc3-c3ccccc31)c1cc(C)cc(N(c3ccc(-c4ccccc4)cc3)c3cccc4ccccc34)c1-2. The Morgan fingerprint density at radius 2 is 1.02 bits per heavy atom. The fourth-order valence-corrected chi connectivity index (χ4v) is 8.91. The fourth-order valence-electron chi connectivity index (χ4n) is 8.91. The molecule has 10 rings (SSSR count). The molecule has 8 aromatic carbocycles. The smallest absolute Gasteiger partial charge is 0.0726 e. The van der Waals surface area contributed by atoms with Crippen LogP contribution in [-0.4, -0.2) is 0 Å². The van der Waals surface area contributed by atoms with Crippen LogP contribution in [0.2, 0.25) is 0 Å². The van der Waals surface area contributed by atoms with Crippen molar-refractivity contribution in [2.45, 2.75) is 19.3 Å². The van der Waals surface area contributed by atoms with Gasteiger partial charge >= 0.3 is 0 Å². The molecular weight excluding hydrogens is 603 g/mol. The summed E-state index contributed by atoms with van der Waals surface area (Å²) in [6.07, 6.45) is 0. The lowest BCUT2D eigenvalue weighted by atomic mass is 9.70. The Hall–Kier alpha value is -6.18. The van der Waals surface area contributed by atoms with E-state index in [2.05, 4.69) is 195 Å². The van der Waals surface area contributed by atoms with Crippen molar-refractivity contribution in [3.05, 3.63) is 209 Å². The molecule has 0 saturated heterocycles. The second-order valence-corrected chi connectivity index (χ2v) is 13.8. The summed E-state index contributed by atoms with van der Waals surface area (Å²) in [6.45, 7) is 4.49. The van der Waals surface area contributed by atoms with Gasteiger partial charge in [-0.15, -0.1) is 0 Å². The van der Waals surface area contributed by atoms with E-state index >= 15 is 0 Å². The van der Waals surface area contributed by atoms with Crippen LogP contribution in [0.3, 0.4) is 0 Å². The molecule has 0 saturated carbocycles. The van der Waals surface area contributed by atoms with Crippen molar-refractivity contribution in [1.82, 2.24) is 0 Å². The molecule has 0 radical (unpaired) electrons. The Labute approximate surface area is 293 Å². The standard InChI is InChI=1S/C49H35N/c1-32-23-28-41-44(29-32)49(42-20-10-8-18-39(42)40-19-9-11-21-43(40)49)45-30-33(2)31-47(48(41)45)50(46-22-12-16-36-15-6-7-17-38(36)46)37-26-24-35(25-27-37)34-13-4-3-5-14-34/h3-31H,1-2H3. The van der Waals surface area contributed by atoms with Crippen LogP contribution in [0, 0.1) is 13.8 Å². The molecule has 8 aromatic rings. The molecule has 0 aliphatic heterocycles. The van der Waals surface area contributed by atoms with Gasteiger partial charge in [0.1, 0.15) is 0 Å². The molecule has 2 aliphatic rings. The molecule has 1 spiro atoms. The molecule has 0 atom stereocenters. The second kappa shape index (κ2) is 10.9. The topological polar surface area (TPSA) is 3.24 Å². The predicted octanol–water partition coefficient (Wildman–Crippen LogP) is 12.9. The van der Waals surface area contributed by atoms with Gasteiger partial charge in [0.05, 0.1) is 16.8 Å². The highest BCUT2D eigenvalue weighted by Gasteiger charge is 2.52. The average molecular weight is 638 g/mol. The maximum Gasteiger partial charge on any atom is 0.0726 e. The van der Waals surface area contributed by atoms with Gasteiger partial charge in [0.15, 0.2) is 0 Å². The van der Waals surface area contributed by atoms with Crippen LogP contribution in [0.4, 0.5) is 17.1 Å². The van der Waals surface area contributed by atoms with E-state index in [9.17, 15) is 0 Å². The maximum absolute atomic E-state index is 2.51. The molecule has 2 aliphatic carbocycles. The van der Waals surface area contributed by atoms with Crippen LogP contribution < -0.4 is 4.90 Å².